The third kappa shape index (κ3) is 3.34. The highest BCUT2D eigenvalue weighted by Crippen LogP contribution is 2.38. The molecule has 0 radical (unpaired) electrons. The van der Waals surface area contributed by atoms with E-state index in [0.29, 0.717) is 22.1 Å². The van der Waals surface area contributed by atoms with Crippen molar-refractivity contribution < 1.29 is 14.6 Å². The van der Waals surface area contributed by atoms with Gasteiger partial charge in [0.15, 0.2) is 11.5 Å². The van der Waals surface area contributed by atoms with Crippen molar-refractivity contribution in [2.75, 3.05) is 14.2 Å². The average molecular weight is 372 g/mol. The molecule has 0 spiro atoms. The molecule has 0 aliphatic heterocycles. The third-order valence-electron chi connectivity index (χ3n) is 3.33. The normalized spacial score (nSPS) is 12.1. The molecule has 0 saturated heterocycles. The molecular formula is C16H16BrClO3. The fourth-order valence-electron chi connectivity index (χ4n) is 2.15. The van der Waals surface area contributed by atoms with Crippen LogP contribution in [0.1, 0.15) is 22.8 Å². The van der Waals surface area contributed by atoms with Crippen LogP contribution in [0.3, 0.4) is 0 Å². The highest BCUT2D eigenvalue weighted by molar-refractivity contribution is 9.10. The monoisotopic (exact) mass is 370 g/mol. The molecule has 1 N–H and O–H groups in total. The topological polar surface area (TPSA) is 38.7 Å². The lowest BCUT2D eigenvalue weighted by molar-refractivity contribution is 0.218. The number of aryl methyl sites for hydroxylation is 1. The van der Waals surface area contributed by atoms with Crippen LogP contribution >= 0.6 is 27.5 Å². The van der Waals surface area contributed by atoms with Gasteiger partial charge in [0.25, 0.3) is 0 Å². The molecule has 0 aliphatic carbocycles. The van der Waals surface area contributed by atoms with Gasteiger partial charge in [-0.05, 0) is 36.2 Å². The zero-order valence-corrected chi connectivity index (χ0v) is 14.3. The van der Waals surface area contributed by atoms with Crippen LogP contribution < -0.4 is 9.47 Å². The van der Waals surface area contributed by atoms with E-state index in [2.05, 4.69) is 15.9 Å². The van der Waals surface area contributed by atoms with E-state index < -0.39 is 6.10 Å². The fourth-order valence-corrected chi connectivity index (χ4v) is 2.79. The number of benzene rings is 2. The van der Waals surface area contributed by atoms with E-state index in [0.717, 1.165) is 15.6 Å². The molecule has 2 aromatic rings. The van der Waals surface area contributed by atoms with Crippen molar-refractivity contribution >= 4 is 27.5 Å². The zero-order valence-electron chi connectivity index (χ0n) is 12.0. The SMILES string of the molecule is COc1cc(Cl)c(C(O)c2cc(Br)ccc2C)cc1OC. The number of hydrogen-bond acceptors (Lipinski definition) is 3. The molecule has 1 unspecified atom stereocenters. The van der Waals surface area contributed by atoms with Gasteiger partial charge in [-0.2, -0.15) is 0 Å². The molecule has 0 aromatic heterocycles. The smallest absolute Gasteiger partial charge is 0.162 e. The second kappa shape index (κ2) is 6.69. The van der Waals surface area contributed by atoms with E-state index >= 15 is 0 Å². The van der Waals surface area contributed by atoms with E-state index in [9.17, 15) is 5.11 Å². The number of aliphatic hydroxyl groups excluding tert-OH is 1. The largest absolute Gasteiger partial charge is 0.493 e. The molecule has 0 bridgehead atoms. The second-order valence-electron chi connectivity index (χ2n) is 4.63. The molecule has 0 amide bonds. The third-order valence-corrected chi connectivity index (χ3v) is 4.15. The minimum atomic E-state index is -0.838. The second-order valence-corrected chi connectivity index (χ2v) is 5.96. The molecule has 0 fully saturated rings. The summed E-state index contributed by atoms with van der Waals surface area (Å²) in [6.07, 6.45) is -0.838. The van der Waals surface area contributed by atoms with Crippen LogP contribution in [0, 0.1) is 6.92 Å². The molecule has 3 nitrogen and oxygen atoms in total. The Morgan fingerprint density at radius 3 is 2.29 bits per heavy atom. The van der Waals surface area contributed by atoms with Crippen molar-refractivity contribution in [3.63, 3.8) is 0 Å². The summed E-state index contributed by atoms with van der Waals surface area (Å²) in [7, 11) is 3.09. The van der Waals surface area contributed by atoms with Crippen LogP contribution in [0.15, 0.2) is 34.8 Å². The summed E-state index contributed by atoms with van der Waals surface area (Å²) in [5, 5.41) is 11.1. The summed E-state index contributed by atoms with van der Waals surface area (Å²) >= 11 is 9.68. The molecule has 0 saturated carbocycles. The maximum Gasteiger partial charge on any atom is 0.162 e. The van der Waals surface area contributed by atoms with Crippen molar-refractivity contribution in [2.45, 2.75) is 13.0 Å². The minimum Gasteiger partial charge on any atom is -0.493 e. The maximum atomic E-state index is 10.7. The van der Waals surface area contributed by atoms with Gasteiger partial charge in [0.1, 0.15) is 6.10 Å². The first kappa shape index (κ1) is 16.1. The summed E-state index contributed by atoms with van der Waals surface area (Å²) in [4.78, 5) is 0. The van der Waals surface area contributed by atoms with E-state index in [4.69, 9.17) is 21.1 Å². The molecule has 2 aromatic carbocycles. The fraction of sp³-hybridized carbons (Fsp3) is 0.250. The molecule has 0 heterocycles. The van der Waals surface area contributed by atoms with Crippen molar-refractivity contribution in [1.29, 1.82) is 0 Å². The Kier molecular flexibility index (Phi) is 5.14. The van der Waals surface area contributed by atoms with Gasteiger partial charge >= 0.3 is 0 Å². The molecule has 112 valence electrons. The molecule has 1 atom stereocenters. The Labute approximate surface area is 137 Å². The number of rotatable bonds is 4. The highest BCUT2D eigenvalue weighted by Gasteiger charge is 2.19. The van der Waals surface area contributed by atoms with Crippen molar-refractivity contribution in [1.82, 2.24) is 0 Å². The van der Waals surface area contributed by atoms with Crippen LogP contribution in [-0.4, -0.2) is 19.3 Å². The van der Waals surface area contributed by atoms with Gasteiger partial charge in [0.05, 0.1) is 19.2 Å². The minimum absolute atomic E-state index is 0.430. The van der Waals surface area contributed by atoms with Crippen LogP contribution in [0.5, 0.6) is 11.5 Å². The highest BCUT2D eigenvalue weighted by atomic mass is 79.9. The number of ether oxygens (including phenoxy) is 2. The maximum absolute atomic E-state index is 10.7. The molecule has 2 rings (SSSR count). The predicted molar refractivity (Wildman–Crippen MR) is 87.5 cm³/mol. The molecule has 0 aliphatic rings. The predicted octanol–water partition coefficient (Wildman–Crippen LogP) is 4.51. The first-order valence-electron chi connectivity index (χ1n) is 6.33. The summed E-state index contributed by atoms with van der Waals surface area (Å²) in [5.41, 5.74) is 2.35. The van der Waals surface area contributed by atoms with Gasteiger partial charge in [-0.1, -0.05) is 33.6 Å². The van der Waals surface area contributed by atoms with Gasteiger partial charge in [-0.25, -0.2) is 0 Å². The molecule has 21 heavy (non-hydrogen) atoms. The van der Waals surface area contributed by atoms with E-state index in [1.165, 1.54) is 0 Å². The lowest BCUT2D eigenvalue weighted by atomic mass is 9.97. The average Bonchev–Trinajstić information content (AvgIpc) is 2.48. The van der Waals surface area contributed by atoms with E-state index in [1.54, 1.807) is 26.4 Å². The van der Waals surface area contributed by atoms with E-state index in [1.807, 2.05) is 25.1 Å². The Balaban J connectivity index is 2.52. The molecule has 5 heteroatoms. The van der Waals surface area contributed by atoms with Gasteiger partial charge in [0, 0.05) is 16.1 Å². The Morgan fingerprint density at radius 1 is 1.05 bits per heavy atom. The van der Waals surface area contributed by atoms with Crippen molar-refractivity contribution in [3.8, 4) is 11.5 Å². The Hall–Kier alpha value is -1.23. The van der Waals surface area contributed by atoms with Gasteiger partial charge in [0.2, 0.25) is 0 Å². The lowest BCUT2D eigenvalue weighted by Crippen LogP contribution is -2.04. The summed E-state index contributed by atoms with van der Waals surface area (Å²) in [6.45, 7) is 1.94. The number of halogens is 2. The zero-order chi connectivity index (χ0) is 15.6. The van der Waals surface area contributed by atoms with Gasteiger partial charge in [-0.3, -0.25) is 0 Å². The van der Waals surface area contributed by atoms with Crippen LogP contribution in [0.25, 0.3) is 0 Å². The summed E-state index contributed by atoms with van der Waals surface area (Å²) < 4.78 is 11.4. The van der Waals surface area contributed by atoms with Gasteiger partial charge < -0.3 is 14.6 Å². The first-order chi connectivity index (χ1) is 9.97. The lowest BCUT2D eigenvalue weighted by Gasteiger charge is -2.18. The van der Waals surface area contributed by atoms with Gasteiger partial charge in [-0.15, -0.1) is 0 Å². The number of aliphatic hydroxyl groups is 1. The summed E-state index contributed by atoms with van der Waals surface area (Å²) in [6, 6.07) is 9.10. The van der Waals surface area contributed by atoms with Crippen LogP contribution in [-0.2, 0) is 0 Å². The molecular weight excluding hydrogens is 356 g/mol. The number of methoxy groups -OCH3 is 2. The van der Waals surface area contributed by atoms with Crippen molar-refractivity contribution in [3.05, 3.63) is 56.5 Å². The number of hydrogen-bond donors (Lipinski definition) is 1. The van der Waals surface area contributed by atoms with E-state index in [-0.39, 0.29) is 0 Å². The standard InChI is InChI=1S/C16H16BrClO3/c1-9-4-5-10(17)6-11(9)16(19)12-7-14(20-2)15(21-3)8-13(12)18/h4-8,16,19H,1-3H3. The first-order valence-corrected chi connectivity index (χ1v) is 7.50. The quantitative estimate of drug-likeness (QED) is 0.859. The van der Waals surface area contributed by atoms with Crippen LogP contribution in [0.4, 0.5) is 0 Å². The van der Waals surface area contributed by atoms with Crippen LogP contribution in [0.2, 0.25) is 5.02 Å². The Morgan fingerprint density at radius 2 is 1.67 bits per heavy atom. The Bertz CT molecular complexity index is 658. The van der Waals surface area contributed by atoms with Crippen molar-refractivity contribution in [2.24, 2.45) is 0 Å². The summed E-state index contributed by atoms with van der Waals surface area (Å²) in [5.74, 6) is 1.06.